The molecule has 2 aliphatic rings. The summed E-state index contributed by atoms with van der Waals surface area (Å²) in [6, 6.07) is 0.0590. The lowest BCUT2D eigenvalue weighted by atomic mass is 9.87. The highest BCUT2D eigenvalue weighted by molar-refractivity contribution is 5.76. The van der Waals surface area contributed by atoms with Crippen molar-refractivity contribution in [2.75, 3.05) is 19.7 Å². The lowest BCUT2D eigenvalue weighted by Crippen LogP contribution is -2.58. The van der Waals surface area contributed by atoms with Gasteiger partial charge in [-0.25, -0.2) is 4.79 Å². The van der Waals surface area contributed by atoms with Gasteiger partial charge in [-0.05, 0) is 26.7 Å². The van der Waals surface area contributed by atoms with Gasteiger partial charge < -0.3 is 20.1 Å². The van der Waals surface area contributed by atoms with Crippen molar-refractivity contribution in [3.63, 3.8) is 0 Å². The second kappa shape index (κ2) is 5.60. The fraction of sp³-hybridized carbons (Fsp3) is 0.857. The maximum absolute atomic E-state index is 12.1. The zero-order valence-corrected chi connectivity index (χ0v) is 12.4. The first-order chi connectivity index (χ1) is 9.28. The minimum absolute atomic E-state index is 0.0735. The lowest BCUT2D eigenvalue weighted by molar-refractivity contribution is -0.144. The van der Waals surface area contributed by atoms with Gasteiger partial charge in [-0.2, -0.15) is 0 Å². The van der Waals surface area contributed by atoms with Crippen molar-refractivity contribution in [2.45, 2.75) is 45.3 Å². The van der Waals surface area contributed by atoms with Crippen molar-refractivity contribution in [3.05, 3.63) is 0 Å². The average molecular weight is 284 g/mol. The molecule has 0 aliphatic carbocycles. The molecule has 6 heteroatoms. The maximum Gasteiger partial charge on any atom is 0.317 e. The number of hydrogen-bond donors (Lipinski definition) is 2. The topological polar surface area (TPSA) is 78.9 Å². The number of nitrogens with one attached hydrogen (secondary N) is 1. The Hall–Kier alpha value is -1.30. The highest BCUT2D eigenvalue weighted by atomic mass is 16.5. The van der Waals surface area contributed by atoms with Crippen LogP contribution in [0.3, 0.4) is 0 Å². The van der Waals surface area contributed by atoms with Crippen molar-refractivity contribution in [1.29, 1.82) is 0 Å². The van der Waals surface area contributed by atoms with Crippen molar-refractivity contribution in [1.82, 2.24) is 10.2 Å². The molecule has 2 aliphatic heterocycles. The fourth-order valence-electron chi connectivity index (χ4n) is 2.82. The molecule has 0 radical (unpaired) electrons. The standard InChI is InChI=1S/C14H24N2O4/c1-9(12(17)18)10-7-16(8-10)13(19)15-11-4-5-20-14(2,3)6-11/h9-11H,4-8H2,1-3H3,(H,15,19)(H,17,18). The summed E-state index contributed by atoms with van der Waals surface area (Å²) < 4.78 is 5.62. The summed E-state index contributed by atoms with van der Waals surface area (Å²) in [5, 5.41) is 12.0. The number of carbonyl (C=O) groups excluding carboxylic acids is 1. The fourth-order valence-corrected chi connectivity index (χ4v) is 2.82. The van der Waals surface area contributed by atoms with E-state index in [2.05, 4.69) is 5.32 Å². The van der Waals surface area contributed by atoms with E-state index in [1.54, 1.807) is 11.8 Å². The molecule has 0 aromatic rings. The molecule has 6 nitrogen and oxygen atoms in total. The predicted molar refractivity (Wildman–Crippen MR) is 73.4 cm³/mol. The Morgan fingerprint density at radius 1 is 1.40 bits per heavy atom. The summed E-state index contributed by atoms with van der Waals surface area (Å²) in [6.07, 6.45) is 1.64. The van der Waals surface area contributed by atoms with Crippen LogP contribution in [0.4, 0.5) is 4.79 Å². The van der Waals surface area contributed by atoms with E-state index in [0.717, 1.165) is 12.8 Å². The summed E-state index contributed by atoms with van der Waals surface area (Å²) in [4.78, 5) is 24.6. The van der Waals surface area contributed by atoms with Gasteiger partial charge in [-0.1, -0.05) is 6.92 Å². The number of hydrogen-bond acceptors (Lipinski definition) is 3. The summed E-state index contributed by atoms with van der Waals surface area (Å²) in [5.74, 6) is -1.10. The van der Waals surface area contributed by atoms with Crippen LogP contribution in [-0.2, 0) is 9.53 Å². The largest absolute Gasteiger partial charge is 0.481 e. The monoisotopic (exact) mass is 284 g/mol. The quantitative estimate of drug-likeness (QED) is 0.819. The minimum atomic E-state index is -0.791. The first-order valence-electron chi connectivity index (χ1n) is 7.21. The third kappa shape index (κ3) is 3.42. The zero-order chi connectivity index (χ0) is 14.9. The first kappa shape index (κ1) is 15.1. The molecule has 2 rings (SSSR count). The molecule has 0 aromatic carbocycles. The third-order valence-electron chi connectivity index (χ3n) is 4.32. The van der Waals surface area contributed by atoms with E-state index in [1.165, 1.54) is 0 Å². The number of aliphatic carboxylic acids is 1. The SMILES string of the molecule is CC(C(=O)O)C1CN(C(=O)NC2CCOC(C)(C)C2)C1. The van der Waals surface area contributed by atoms with Gasteiger partial charge in [-0.3, -0.25) is 4.79 Å². The maximum atomic E-state index is 12.1. The normalized spacial score (nSPS) is 27.6. The number of nitrogens with zero attached hydrogens (tertiary/aromatic N) is 1. The average Bonchev–Trinajstić information content (AvgIpc) is 2.24. The van der Waals surface area contributed by atoms with Crippen molar-refractivity contribution < 1.29 is 19.4 Å². The van der Waals surface area contributed by atoms with Gasteiger partial charge in [0.25, 0.3) is 0 Å². The van der Waals surface area contributed by atoms with Crippen LogP contribution < -0.4 is 5.32 Å². The Morgan fingerprint density at radius 2 is 2.05 bits per heavy atom. The first-order valence-corrected chi connectivity index (χ1v) is 7.21. The number of likely N-dealkylation sites (tertiary alicyclic amines) is 1. The van der Waals surface area contributed by atoms with Crippen LogP contribution in [-0.4, -0.2) is 53.3 Å². The number of urea groups is 1. The van der Waals surface area contributed by atoms with Gasteiger partial charge in [0, 0.05) is 31.7 Å². The number of carboxylic acids is 1. The van der Waals surface area contributed by atoms with Crippen molar-refractivity contribution >= 4 is 12.0 Å². The predicted octanol–water partition coefficient (Wildman–Crippen LogP) is 1.31. The van der Waals surface area contributed by atoms with Gasteiger partial charge in [0.15, 0.2) is 0 Å². The number of carboxylic acid groups (broad SMARTS) is 1. The second-order valence-corrected chi connectivity index (χ2v) is 6.54. The van der Waals surface area contributed by atoms with E-state index in [-0.39, 0.29) is 29.5 Å². The van der Waals surface area contributed by atoms with Crippen molar-refractivity contribution in [2.24, 2.45) is 11.8 Å². The van der Waals surface area contributed by atoms with Crippen molar-refractivity contribution in [3.8, 4) is 0 Å². The molecular formula is C14H24N2O4. The van der Waals surface area contributed by atoms with E-state index in [9.17, 15) is 9.59 Å². The number of ether oxygens (including phenoxy) is 1. The summed E-state index contributed by atoms with van der Waals surface area (Å²) >= 11 is 0. The molecular weight excluding hydrogens is 260 g/mol. The molecule has 2 fully saturated rings. The van der Waals surface area contributed by atoms with Crippen LogP contribution in [0.15, 0.2) is 0 Å². The Kier molecular flexibility index (Phi) is 4.22. The molecule has 2 heterocycles. The van der Waals surface area contributed by atoms with Gasteiger partial charge in [-0.15, -0.1) is 0 Å². The molecule has 0 bridgehead atoms. The highest BCUT2D eigenvalue weighted by Crippen LogP contribution is 2.26. The minimum Gasteiger partial charge on any atom is -0.481 e. The van der Waals surface area contributed by atoms with Crippen LogP contribution in [0.1, 0.15) is 33.6 Å². The Labute approximate surface area is 119 Å². The van der Waals surface area contributed by atoms with Gasteiger partial charge >= 0.3 is 12.0 Å². The van der Waals surface area contributed by atoms with E-state index in [1.807, 2.05) is 13.8 Å². The van der Waals surface area contributed by atoms with E-state index < -0.39 is 5.97 Å². The van der Waals surface area contributed by atoms with Crippen LogP contribution in [0.25, 0.3) is 0 Å². The molecule has 2 unspecified atom stereocenters. The molecule has 0 aromatic heterocycles. The number of amides is 2. The Bertz CT molecular complexity index is 391. The second-order valence-electron chi connectivity index (χ2n) is 6.54. The highest BCUT2D eigenvalue weighted by Gasteiger charge is 2.38. The Balaban J connectivity index is 1.76. The molecule has 2 atom stereocenters. The molecule has 20 heavy (non-hydrogen) atoms. The van der Waals surface area contributed by atoms with Gasteiger partial charge in [0.1, 0.15) is 0 Å². The molecule has 2 saturated heterocycles. The van der Waals surface area contributed by atoms with Crippen LogP contribution in [0.2, 0.25) is 0 Å². The molecule has 114 valence electrons. The molecule has 2 N–H and O–H groups in total. The smallest absolute Gasteiger partial charge is 0.317 e. The summed E-state index contributed by atoms with van der Waals surface area (Å²) in [6.45, 7) is 7.48. The lowest BCUT2D eigenvalue weighted by Gasteiger charge is -2.43. The summed E-state index contributed by atoms with van der Waals surface area (Å²) in [5.41, 5.74) is -0.189. The third-order valence-corrected chi connectivity index (χ3v) is 4.32. The molecule has 2 amide bonds. The van der Waals surface area contributed by atoms with E-state index in [4.69, 9.17) is 9.84 Å². The number of carbonyl (C=O) groups is 2. The van der Waals surface area contributed by atoms with Gasteiger partial charge in [0.2, 0.25) is 0 Å². The van der Waals surface area contributed by atoms with E-state index in [0.29, 0.717) is 19.7 Å². The van der Waals surface area contributed by atoms with E-state index >= 15 is 0 Å². The van der Waals surface area contributed by atoms with Gasteiger partial charge in [0.05, 0.1) is 11.5 Å². The molecule has 0 saturated carbocycles. The molecule has 0 spiro atoms. The summed E-state index contributed by atoms with van der Waals surface area (Å²) in [7, 11) is 0. The van der Waals surface area contributed by atoms with Crippen LogP contribution >= 0.6 is 0 Å². The van der Waals surface area contributed by atoms with Crippen LogP contribution in [0.5, 0.6) is 0 Å². The zero-order valence-electron chi connectivity index (χ0n) is 12.4. The number of rotatable bonds is 3. The Morgan fingerprint density at radius 3 is 2.60 bits per heavy atom. The van der Waals surface area contributed by atoms with Crippen LogP contribution in [0, 0.1) is 11.8 Å².